The van der Waals surface area contributed by atoms with E-state index in [0.29, 0.717) is 5.82 Å². The van der Waals surface area contributed by atoms with Gasteiger partial charge in [-0.1, -0.05) is 12.1 Å². The van der Waals surface area contributed by atoms with Crippen molar-refractivity contribution in [2.24, 2.45) is 7.05 Å². The van der Waals surface area contributed by atoms with Gasteiger partial charge in [-0.2, -0.15) is 5.10 Å². The average molecular weight is 247 g/mol. The van der Waals surface area contributed by atoms with E-state index in [1.807, 2.05) is 6.92 Å². The lowest BCUT2D eigenvalue weighted by Gasteiger charge is -2.05. The van der Waals surface area contributed by atoms with Gasteiger partial charge in [0.05, 0.1) is 12.1 Å². The lowest BCUT2D eigenvalue weighted by atomic mass is 10.1. The number of nitrogens with one attached hydrogen (secondary N) is 1. The summed E-state index contributed by atoms with van der Waals surface area (Å²) >= 11 is 0. The molecule has 1 N–H and O–H groups in total. The van der Waals surface area contributed by atoms with Crippen molar-refractivity contribution in [1.82, 2.24) is 9.78 Å². The molecule has 18 heavy (non-hydrogen) atoms. The van der Waals surface area contributed by atoms with Crippen molar-refractivity contribution in [2.45, 2.75) is 13.3 Å². The largest absolute Gasteiger partial charge is 0.311 e. The van der Waals surface area contributed by atoms with Crippen molar-refractivity contribution < 1.29 is 9.18 Å². The number of carbonyl (C=O) groups excluding carboxylic acids is 1. The molecular formula is C13H14FN3O. The van der Waals surface area contributed by atoms with Gasteiger partial charge in [-0.3, -0.25) is 9.48 Å². The van der Waals surface area contributed by atoms with Gasteiger partial charge < -0.3 is 5.32 Å². The zero-order chi connectivity index (χ0) is 13.1. The zero-order valence-electron chi connectivity index (χ0n) is 10.3. The van der Waals surface area contributed by atoms with Crippen molar-refractivity contribution in [3.05, 3.63) is 47.4 Å². The van der Waals surface area contributed by atoms with Crippen molar-refractivity contribution in [1.29, 1.82) is 0 Å². The molecular weight excluding hydrogens is 233 g/mol. The van der Waals surface area contributed by atoms with E-state index < -0.39 is 0 Å². The molecule has 2 aromatic rings. The molecule has 94 valence electrons. The Morgan fingerprint density at radius 2 is 2.06 bits per heavy atom. The number of carbonyl (C=O) groups is 1. The van der Waals surface area contributed by atoms with Gasteiger partial charge in [-0.05, 0) is 24.6 Å². The van der Waals surface area contributed by atoms with Crippen LogP contribution in [-0.4, -0.2) is 15.7 Å². The van der Waals surface area contributed by atoms with Gasteiger partial charge in [0.25, 0.3) is 0 Å². The van der Waals surface area contributed by atoms with Crippen LogP contribution in [0.15, 0.2) is 30.3 Å². The number of anilines is 1. The lowest BCUT2D eigenvalue weighted by molar-refractivity contribution is -0.115. The second kappa shape index (κ2) is 5.00. The molecule has 0 spiro atoms. The van der Waals surface area contributed by atoms with Crippen LogP contribution in [0.3, 0.4) is 0 Å². The molecule has 0 atom stereocenters. The summed E-state index contributed by atoms with van der Waals surface area (Å²) in [6, 6.07) is 7.68. The van der Waals surface area contributed by atoms with Crippen LogP contribution in [0.1, 0.15) is 11.3 Å². The number of rotatable bonds is 3. The van der Waals surface area contributed by atoms with E-state index in [-0.39, 0.29) is 18.1 Å². The van der Waals surface area contributed by atoms with E-state index in [9.17, 15) is 9.18 Å². The van der Waals surface area contributed by atoms with Gasteiger partial charge in [-0.15, -0.1) is 0 Å². The fourth-order valence-corrected chi connectivity index (χ4v) is 1.70. The molecule has 0 saturated heterocycles. The second-order valence-corrected chi connectivity index (χ2v) is 4.15. The molecule has 1 aromatic heterocycles. The zero-order valence-corrected chi connectivity index (χ0v) is 10.3. The number of benzene rings is 1. The Morgan fingerprint density at radius 1 is 1.39 bits per heavy atom. The number of aromatic nitrogens is 2. The Kier molecular flexibility index (Phi) is 3.41. The molecule has 0 aliphatic rings. The Morgan fingerprint density at radius 3 is 2.61 bits per heavy atom. The van der Waals surface area contributed by atoms with E-state index >= 15 is 0 Å². The van der Waals surface area contributed by atoms with Gasteiger partial charge in [0.1, 0.15) is 11.6 Å². The van der Waals surface area contributed by atoms with E-state index in [1.165, 1.54) is 12.1 Å². The molecule has 0 saturated carbocycles. The predicted octanol–water partition coefficient (Wildman–Crippen LogP) is 2.05. The van der Waals surface area contributed by atoms with Gasteiger partial charge in [0.2, 0.25) is 5.91 Å². The van der Waals surface area contributed by atoms with Gasteiger partial charge in [-0.25, -0.2) is 4.39 Å². The number of aryl methyl sites for hydroxylation is 2. The monoisotopic (exact) mass is 247 g/mol. The summed E-state index contributed by atoms with van der Waals surface area (Å²) in [6.45, 7) is 1.86. The van der Waals surface area contributed by atoms with Crippen LogP contribution in [0.5, 0.6) is 0 Å². The van der Waals surface area contributed by atoms with Gasteiger partial charge in [0, 0.05) is 13.1 Å². The molecule has 0 unspecified atom stereocenters. The topological polar surface area (TPSA) is 46.9 Å². The molecule has 5 heteroatoms. The SMILES string of the molecule is Cc1cc(NC(=O)Cc2ccc(F)cc2)n(C)n1. The van der Waals surface area contributed by atoms with E-state index in [2.05, 4.69) is 10.4 Å². The highest BCUT2D eigenvalue weighted by molar-refractivity contribution is 5.91. The standard InChI is InChI=1S/C13H14FN3O/c1-9-7-12(17(2)16-9)15-13(18)8-10-3-5-11(14)6-4-10/h3-7H,8H2,1-2H3,(H,15,18). The molecule has 4 nitrogen and oxygen atoms in total. The lowest BCUT2D eigenvalue weighted by Crippen LogP contribution is -2.16. The molecule has 0 aliphatic carbocycles. The number of hydrogen-bond donors (Lipinski definition) is 1. The Hall–Kier alpha value is -2.17. The van der Waals surface area contributed by atoms with Crippen molar-refractivity contribution in [3.8, 4) is 0 Å². The fourth-order valence-electron chi connectivity index (χ4n) is 1.70. The fraction of sp³-hybridized carbons (Fsp3) is 0.231. The molecule has 0 fully saturated rings. The Bertz CT molecular complexity index is 560. The van der Waals surface area contributed by atoms with Crippen LogP contribution in [0, 0.1) is 12.7 Å². The summed E-state index contributed by atoms with van der Waals surface area (Å²) in [5, 5.41) is 6.90. The molecule has 1 aromatic carbocycles. The minimum atomic E-state index is -0.304. The quantitative estimate of drug-likeness (QED) is 0.902. The van der Waals surface area contributed by atoms with Crippen LogP contribution in [-0.2, 0) is 18.3 Å². The van der Waals surface area contributed by atoms with Crippen molar-refractivity contribution >= 4 is 11.7 Å². The summed E-state index contributed by atoms with van der Waals surface area (Å²) in [6.07, 6.45) is 0.213. The number of amides is 1. The number of halogens is 1. The molecule has 0 bridgehead atoms. The molecule has 0 aliphatic heterocycles. The Balaban J connectivity index is 2.01. The third kappa shape index (κ3) is 2.94. The van der Waals surface area contributed by atoms with Crippen molar-refractivity contribution in [3.63, 3.8) is 0 Å². The minimum absolute atomic E-state index is 0.149. The molecule has 2 rings (SSSR count). The first kappa shape index (κ1) is 12.3. The third-order valence-corrected chi connectivity index (χ3v) is 2.55. The van der Waals surface area contributed by atoms with E-state index in [0.717, 1.165) is 11.3 Å². The first-order chi connectivity index (χ1) is 8.54. The van der Waals surface area contributed by atoms with E-state index in [4.69, 9.17) is 0 Å². The maximum absolute atomic E-state index is 12.7. The van der Waals surface area contributed by atoms with Crippen LogP contribution in [0.2, 0.25) is 0 Å². The van der Waals surface area contributed by atoms with Crippen LogP contribution < -0.4 is 5.32 Å². The summed E-state index contributed by atoms with van der Waals surface area (Å²) < 4.78 is 14.3. The minimum Gasteiger partial charge on any atom is -0.311 e. The van der Waals surface area contributed by atoms with Crippen molar-refractivity contribution in [2.75, 3.05) is 5.32 Å². The maximum Gasteiger partial charge on any atom is 0.229 e. The first-order valence-corrected chi connectivity index (χ1v) is 5.59. The summed E-state index contributed by atoms with van der Waals surface area (Å²) in [5.74, 6) is 0.200. The predicted molar refractivity (Wildman–Crippen MR) is 66.7 cm³/mol. The van der Waals surface area contributed by atoms with Gasteiger partial charge >= 0.3 is 0 Å². The smallest absolute Gasteiger partial charge is 0.229 e. The summed E-state index contributed by atoms with van der Waals surface area (Å²) in [5.41, 5.74) is 1.61. The molecule has 1 amide bonds. The summed E-state index contributed by atoms with van der Waals surface area (Å²) in [7, 11) is 1.76. The maximum atomic E-state index is 12.7. The normalized spacial score (nSPS) is 10.4. The number of hydrogen-bond acceptors (Lipinski definition) is 2. The molecule has 1 heterocycles. The van der Waals surface area contributed by atoms with E-state index in [1.54, 1.807) is 29.9 Å². The summed E-state index contributed by atoms with van der Waals surface area (Å²) in [4.78, 5) is 11.8. The second-order valence-electron chi connectivity index (χ2n) is 4.15. The first-order valence-electron chi connectivity index (χ1n) is 5.59. The highest BCUT2D eigenvalue weighted by Gasteiger charge is 2.07. The Labute approximate surface area is 104 Å². The van der Waals surface area contributed by atoms with Gasteiger partial charge in [0.15, 0.2) is 0 Å². The third-order valence-electron chi connectivity index (χ3n) is 2.55. The van der Waals surface area contributed by atoms with Crippen LogP contribution in [0.25, 0.3) is 0 Å². The highest BCUT2D eigenvalue weighted by atomic mass is 19.1. The highest BCUT2D eigenvalue weighted by Crippen LogP contribution is 2.09. The molecule has 0 radical (unpaired) electrons. The van der Waals surface area contributed by atoms with Crippen LogP contribution in [0.4, 0.5) is 10.2 Å². The number of nitrogens with zero attached hydrogens (tertiary/aromatic N) is 2. The van der Waals surface area contributed by atoms with Crippen LogP contribution >= 0.6 is 0 Å². The average Bonchev–Trinajstić information content (AvgIpc) is 2.61.